The Labute approximate surface area is 209 Å². The molecule has 0 radical (unpaired) electrons. The normalized spacial score (nSPS) is 17.7. The van der Waals surface area contributed by atoms with Gasteiger partial charge in [0.15, 0.2) is 5.82 Å². The molecule has 0 saturated heterocycles. The first kappa shape index (κ1) is 21.4. The fourth-order valence-corrected chi connectivity index (χ4v) is 5.35. The average Bonchev–Trinajstić information content (AvgIpc) is 3.80. The largest absolute Gasteiger partial charge is 0.351 e. The standard InChI is InChI=1S/C28H29N7O/c1-3-35-27(31-20-7-8-21-22(13-20)28(10-11-28)15-29-26(21)36)32-25(33-35)19-6-9-24(17(2)12-19)34-14-23(30-16-34)18-4-5-18/h6-9,12-14,16,18H,3-5,10-11,15H2,1-2H3,(H,29,36)(H,31,32,33). The van der Waals surface area contributed by atoms with Crippen molar-refractivity contribution in [1.82, 2.24) is 29.6 Å². The number of fused-ring (bicyclic) bond motifs is 2. The smallest absolute Gasteiger partial charge is 0.251 e. The summed E-state index contributed by atoms with van der Waals surface area (Å²) in [6, 6.07) is 12.3. The van der Waals surface area contributed by atoms with Gasteiger partial charge in [-0.05, 0) is 87.1 Å². The Balaban J connectivity index is 1.17. The van der Waals surface area contributed by atoms with Crippen LogP contribution in [-0.4, -0.2) is 36.8 Å². The molecule has 7 rings (SSSR count). The lowest BCUT2D eigenvalue weighted by molar-refractivity contribution is 0.0937. The van der Waals surface area contributed by atoms with E-state index in [-0.39, 0.29) is 11.3 Å². The molecule has 0 unspecified atom stereocenters. The van der Waals surface area contributed by atoms with Gasteiger partial charge in [0.25, 0.3) is 5.91 Å². The lowest BCUT2D eigenvalue weighted by Gasteiger charge is -2.26. The molecule has 2 N–H and O–H groups in total. The Bertz CT molecular complexity index is 1510. The Hall–Kier alpha value is -3.94. The Morgan fingerprint density at radius 3 is 2.78 bits per heavy atom. The molecule has 182 valence electrons. The molecule has 2 aromatic heterocycles. The van der Waals surface area contributed by atoms with Crippen molar-refractivity contribution in [2.24, 2.45) is 0 Å². The molecule has 2 saturated carbocycles. The number of imidazole rings is 1. The maximum absolute atomic E-state index is 12.3. The van der Waals surface area contributed by atoms with Crippen molar-refractivity contribution in [3.63, 3.8) is 0 Å². The topological polar surface area (TPSA) is 89.7 Å². The van der Waals surface area contributed by atoms with Gasteiger partial charge in [0.05, 0.1) is 12.0 Å². The van der Waals surface area contributed by atoms with Crippen LogP contribution in [0.25, 0.3) is 17.1 Å². The van der Waals surface area contributed by atoms with Crippen LogP contribution in [-0.2, 0) is 12.0 Å². The van der Waals surface area contributed by atoms with Crippen LogP contribution in [0.4, 0.5) is 11.6 Å². The van der Waals surface area contributed by atoms with Gasteiger partial charge in [-0.2, -0.15) is 4.98 Å². The molecule has 2 aliphatic carbocycles. The average molecular weight is 480 g/mol. The summed E-state index contributed by atoms with van der Waals surface area (Å²) in [7, 11) is 0. The van der Waals surface area contributed by atoms with Crippen LogP contribution in [0.3, 0.4) is 0 Å². The summed E-state index contributed by atoms with van der Waals surface area (Å²) in [6.45, 7) is 5.60. The van der Waals surface area contributed by atoms with Gasteiger partial charge in [-0.1, -0.05) is 0 Å². The summed E-state index contributed by atoms with van der Waals surface area (Å²) in [4.78, 5) is 21.8. The lowest BCUT2D eigenvalue weighted by atomic mass is 9.87. The van der Waals surface area contributed by atoms with Gasteiger partial charge in [0.2, 0.25) is 5.95 Å². The zero-order valence-electron chi connectivity index (χ0n) is 20.6. The van der Waals surface area contributed by atoms with Crippen LogP contribution >= 0.6 is 0 Å². The number of anilines is 2. The molecular formula is C28H29N7O. The van der Waals surface area contributed by atoms with Crippen LogP contribution < -0.4 is 10.6 Å². The van der Waals surface area contributed by atoms with E-state index in [4.69, 9.17) is 10.1 Å². The molecule has 3 heterocycles. The fraction of sp³-hybridized carbons (Fsp3) is 0.357. The second kappa shape index (κ2) is 7.78. The van der Waals surface area contributed by atoms with Crippen LogP contribution in [0.5, 0.6) is 0 Å². The van der Waals surface area contributed by atoms with E-state index in [1.165, 1.54) is 18.5 Å². The van der Waals surface area contributed by atoms with E-state index >= 15 is 0 Å². The van der Waals surface area contributed by atoms with E-state index in [9.17, 15) is 4.79 Å². The van der Waals surface area contributed by atoms with Crippen LogP contribution in [0.1, 0.15) is 65.7 Å². The Morgan fingerprint density at radius 1 is 1.17 bits per heavy atom. The van der Waals surface area contributed by atoms with Crippen LogP contribution in [0.15, 0.2) is 48.9 Å². The van der Waals surface area contributed by atoms with E-state index < -0.39 is 0 Å². The molecular weight excluding hydrogens is 450 g/mol. The molecule has 36 heavy (non-hydrogen) atoms. The SMILES string of the molecule is CCn1nc(-c2ccc(-n3cnc(C4CC4)c3)c(C)c2)nc1Nc1ccc2c(c1)C1(CC1)CNC2=O. The van der Waals surface area contributed by atoms with Gasteiger partial charge in [0, 0.05) is 53.1 Å². The number of aromatic nitrogens is 5. The maximum Gasteiger partial charge on any atom is 0.251 e. The first-order chi connectivity index (χ1) is 17.5. The molecule has 4 aromatic rings. The number of nitrogens with one attached hydrogen (secondary N) is 2. The number of rotatable bonds is 6. The molecule has 1 amide bonds. The number of hydrogen-bond donors (Lipinski definition) is 2. The highest BCUT2D eigenvalue weighted by Gasteiger charge is 2.48. The second-order valence-corrected chi connectivity index (χ2v) is 10.4. The number of amides is 1. The highest BCUT2D eigenvalue weighted by atomic mass is 16.1. The van der Waals surface area contributed by atoms with E-state index in [1.54, 1.807) is 0 Å². The van der Waals surface area contributed by atoms with Crippen LogP contribution in [0, 0.1) is 6.92 Å². The van der Waals surface area contributed by atoms with E-state index in [1.807, 2.05) is 23.1 Å². The summed E-state index contributed by atoms with van der Waals surface area (Å²) in [5.41, 5.74) is 7.42. The predicted octanol–water partition coefficient (Wildman–Crippen LogP) is 4.86. The predicted molar refractivity (Wildman–Crippen MR) is 138 cm³/mol. The molecule has 2 fully saturated rings. The summed E-state index contributed by atoms with van der Waals surface area (Å²) < 4.78 is 4.00. The molecule has 0 atom stereocenters. The van der Waals surface area contributed by atoms with Crippen LogP contribution in [0.2, 0.25) is 0 Å². The maximum atomic E-state index is 12.3. The van der Waals surface area contributed by atoms with Crippen molar-refractivity contribution in [3.05, 3.63) is 71.3 Å². The van der Waals surface area contributed by atoms with Crippen molar-refractivity contribution in [2.75, 3.05) is 11.9 Å². The molecule has 3 aliphatic rings. The molecule has 2 aromatic carbocycles. The summed E-state index contributed by atoms with van der Waals surface area (Å²) >= 11 is 0. The third-order valence-electron chi connectivity index (χ3n) is 7.84. The highest BCUT2D eigenvalue weighted by Crippen LogP contribution is 2.51. The summed E-state index contributed by atoms with van der Waals surface area (Å²) in [5.74, 6) is 2.05. The molecule has 1 aliphatic heterocycles. The Kier molecular flexibility index (Phi) is 4.61. The number of benzene rings is 2. The minimum absolute atomic E-state index is 0.0198. The lowest BCUT2D eigenvalue weighted by Crippen LogP contribution is -2.39. The zero-order chi connectivity index (χ0) is 24.4. The van der Waals surface area contributed by atoms with Crippen molar-refractivity contribution in [3.8, 4) is 17.1 Å². The van der Waals surface area contributed by atoms with Crippen molar-refractivity contribution < 1.29 is 4.79 Å². The second-order valence-electron chi connectivity index (χ2n) is 10.4. The van der Waals surface area contributed by atoms with Gasteiger partial charge >= 0.3 is 0 Å². The molecule has 1 spiro atoms. The number of aryl methyl sites for hydroxylation is 2. The fourth-order valence-electron chi connectivity index (χ4n) is 5.35. The van der Waals surface area contributed by atoms with Crippen molar-refractivity contribution >= 4 is 17.5 Å². The van der Waals surface area contributed by atoms with Gasteiger partial charge in [-0.3, -0.25) is 4.79 Å². The number of nitrogens with zero attached hydrogens (tertiary/aromatic N) is 5. The van der Waals surface area contributed by atoms with Gasteiger partial charge in [0.1, 0.15) is 0 Å². The summed E-state index contributed by atoms with van der Waals surface area (Å²) in [5, 5.41) is 11.3. The molecule has 8 nitrogen and oxygen atoms in total. The minimum atomic E-state index is 0.0198. The first-order valence-electron chi connectivity index (χ1n) is 12.8. The van der Waals surface area contributed by atoms with E-state index in [2.05, 4.69) is 64.5 Å². The quantitative estimate of drug-likeness (QED) is 0.412. The highest BCUT2D eigenvalue weighted by molar-refractivity contribution is 5.98. The minimum Gasteiger partial charge on any atom is -0.351 e. The molecule has 0 bridgehead atoms. The zero-order valence-corrected chi connectivity index (χ0v) is 20.6. The Morgan fingerprint density at radius 2 is 2.03 bits per heavy atom. The molecule has 8 heteroatoms. The van der Waals surface area contributed by atoms with E-state index in [0.717, 1.165) is 53.0 Å². The number of carbonyl (C=O) groups is 1. The van der Waals surface area contributed by atoms with Gasteiger partial charge in [-0.15, -0.1) is 5.10 Å². The third kappa shape index (κ3) is 3.51. The first-order valence-corrected chi connectivity index (χ1v) is 12.8. The van der Waals surface area contributed by atoms with Crippen molar-refractivity contribution in [2.45, 2.75) is 57.4 Å². The number of hydrogen-bond acceptors (Lipinski definition) is 5. The van der Waals surface area contributed by atoms with Crippen molar-refractivity contribution in [1.29, 1.82) is 0 Å². The van der Waals surface area contributed by atoms with Gasteiger partial charge < -0.3 is 15.2 Å². The number of carbonyl (C=O) groups excluding carboxylic acids is 1. The monoisotopic (exact) mass is 479 g/mol. The summed E-state index contributed by atoms with van der Waals surface area (Å²) in [6.07, 6.45) is 8.80. The van der Waals surface area contributed by atoms with Gasteiger partial charge in [-0.25, -0.2) is 9.67 Å². The third-order valence-corrected chi connectivity index (χ3v) is 7.84. The van der Waals surface area contributed by atoms with E-state index in [0.29, 0.717) is 24.2 Å².